The van der Waals surface area contributed by atoms with Crippen molar-refractivity contribution in [3.05, 3.63) is 35.4 Å². The van der Waals surface area contributed by atoms with E-state index in [4.69, 9.17) is 0 Å². The Balaban J connectivity index is 2.44. The molecule has 0 amide bonds. The molecule has 0 unspecified atom stereocenters. The minimum absolute atomic E-state index is 0.491. The van der Waals surface area contributed by atoms with Crippen molar-refractivity contribution in [1.82, 2.24) is 14.9 Å². The summed E-state index contributed by atoms with van der Waals surface area (Å²) in [6.07, 6.45) is 1.93. The largest absolute Gasteiger partial charge is 0.368 e. The number of nitriles is 1. The van der Waals surface area contributed by atoms with Crippen molar-refractivity contribution in [3.63, 3.8) is 0 Å². The van der Waals surface area contributed by atoms with Crippen LogP contribution >= 0.6 is 11.8 Å². The number of likely N-dealkylation sites (N-methyl/N-ethyl adjacent to an activating group) is 1. The van der Waals surface area contributed by atoms with Gasteiger partial charge in [-0.1, -0.05) is 41.6 Å². The quantitative estimate of drug-likeness (QED) is 0.650. The topological polar surface area (TPSA) is 64.8 Å². The summed E-state index contributed by atoms with van der Waals surface area (Å²) in [7, 11) is 4.02. The van der Waals surface area contributed by atoms with Crippen LogP contribution in [0.1, 0.15) is 11.1 Å². The lowest BCUT2D eigenvalue weighted by Crippen LogP contribution is -2.21. The third-order valence-corrected chi connectivity index (χ3v) is 3.91. The Morgan fingerprint density at radius 3 is 2.48 bits per heavy atom. The molecule has 5 nitrogen and oxygen atoms in total. The summed E-state index contributed by atoms with van der Waals surface area (Å²) in [5, 5.41) is 13.5. The molecule has 1 N–H and O–H groups in total. The number of aryl methyl sites for hydroxylation is 1. The van der Waals surface area contributed by atoms with Gasteiger partial charge in [-0.05, 0) is 27.3 Å². The van der Waals surface area contributed by atoms with Crippen LogP contribution in [0, 0.1) is 18.3 Å². The number of nitrogens with one attached hydrogen (secondary N) is 1. The van der Waals surface area contributed by atoms with Gasteiger partial charge < -0.3 is 10.2 Å². The Labute approximate surface area is 141 Å². The Morgan fingerprint density at radius 2 is 1.91 bits per heavy atom. The van der Waals surface area contributed by atoms with Gasteiger partial charge in [0.05, 0.1) is 5.69 Å². The van der Waals surface area contributed by atoms with Crippen LogP contribution < -0.4 is 5.32 Å². The molecule has 0 saturated carbocycles. The zero-order valence-electron chi connectivity index (χ0n) is 13.9. The molecular formula is C17H21N5S. The lowest BCUT2D eigenvalue weighted by Gasteiger charge is -2.14. The van der Waals surface area contributed by atoms with Gasteiger partial charge >= 0.3 is 0 Å². The third kappa shape index (κ3) is 4.44. The molecule has 1 aromatic carbocycles. The average molecular weight is 327 g/mol. The van der Waals surface area contributed by atoms with Crippen LogP contribution in [0.15, 0.2) is 29.4 Å². The second-order valence-corrected chi connectivity index (χ2v) is 6.26. The number of rotatable bonds is 6. The molecule has 2 rings (SSSR count). The number of aromatic nitrogens is 2. The van der Waals surface area contributed by atoms with Crippen LogP contribution in [-0.2, 0) is 0 Å². The van der Waals surface area contributed by atoms with Gasteiger partial charge in [0.2, 0.25) is 0 Å². The van der Waals surface area contributed by atoms with Crippen LogP contribution in [0.2, 0.25) is 0 Å². The first-order chi connectivity index (χ1) is 11.0. The fraction of sp³-hybridized carbons (Fsp3) is 0.353. The van der Waals surface area contributed by atoms with E-state index in [0.717, 1.165) is 18.7 Å². The Bertz CT molecular complexity index is 704. The minimum Gasteiger partial charge on any atom is -0.368 e. The lowest BCUT2D eigenvalue weighted by molar-refractivity contribution is 0.425. The molecule has 23 heavy (non-hydrogen) atoms. The van der Waals surface area contributed by atoms with E-state index in [1.54, 1.807) is 0 Å². The summed E-state index contributed by atoms with van der Waals surface area (Å²) in [5.74, 6) is 0.601. The van der Waals surface area contributed by atoms with Gasteiger partial charge in [-0.25, -0.2) is 9.97 Å². The standard InChI is InChI=1S/C17H21N5S/c1-12-5-7-13(8-6-12)15-14(11-18)16(19-9-10-22(2)3)21-17(20-15)23-4/h5-8H,9-10H2,1-4H3,(H,19,20,21). The zero-order chi connectivity index (χ0) is 16.8. The van der Waals surface area contributed by atoms with Gasteiger partial charge in [-0.3, -0.25) is 0 Å². The number of hydrogen-bond acceptors (Lipinski definition) is 6. The van der Waals surface area contributed by atoms with Gasteiger partial charge in [0.1, 0.15) is 17.5 Å². The summed E-state index contributed by atoms with van der Waals surface area (Å²) in [4.78, 5) is 11.1. The molecule has 0 aliphatic rings. The molecule has 0 bridgehead atoms. The fourth-order valence-electron chi connectivity index (χ4n) is 2.08. The normalized spacial score (nSPS) is 10.6. The van der Waals surface area contributed by atoms with Gasteiger partial charge in [0.25, 0.3) is 0 Å². The highest BCUT2D eigenvalue weighted by Crippen LogP contribution is 2.28. The summed E-state index contributed by atoms with van der Waals surface area (Å²) in [5.41, 5.74) is 3.28. The highest BCUT2D eigenvalue weighted by Gasteiger charge is 2.15. The SMILES string of the molecule is CSc1nc(NCCN(C)C)c(C#N)c(-c2ccc(C)cc2)n1. The Hall–Kier alpha value is -2.10. The molecule has 0 aliphatic heterocycles. The smallest absolute Gasteiger partial charge is 0.189 e. The van der Waals surface area contributed by atoms with E-state index in [1.807, 2.05) is 51.5 Å². The first kappa shape index (κ1) is 17.3. The molecule has 1 aromatic heterocycles. The number of nitrogens with zero attached hydrogens (tertiary/aromatic N) is 4. The maximum absolute atomic E-state index is 9.60. The van der Waals surface area contributed by atoms with E-state index >= 15 is 0 Å². The molecule has 0 aliphatic carbocycles. The van der Waals surface area contributed by atoms with Crippen molar-refractivity contribution in [2.75, 3.05) is 38.8 Å². The van der Waals surface area contributed by atoms with Gasteiger partial charge in [0, 0.05) is 18.7 Å². The number of thioether (sulfide) groups is 1. The van der Waals surface area contributed by atoms with Gasteiger partial charge in [-0.15, -0.1) is 0 Å². The van der Waals surface area contributed by atoms with Crippen LogP contribution in [0.4, 0.5) is 5.82 Å². The lowest BCUT2D eigenvalue weighted by atomic mass is 10.1. The van der Waals surface area contributed by atoms with E-state index < -0.39 is 0 Å². The zero-order valence-corrected chi connectivity index (χ0v) is 14.7. The molecule has 1 heterocycles. The number of benzene rings is 1. The predicted molar refractivity (Wildman–Crippen MR) is 95.7 cm³/mol. The van der Waals surface area contributed by atoms with Crippen molar-refractivity contribution < 1.29 is 0 Å². The third-order valence-electron chi connectivity index (χ3n) is 3.36. The highest BCUT2D eigenvalue weighted by molar-refractivity contribution is 7.98. The minimum atomic E-state index is 0.491. The molecule has 0 fully saturated rings. The van der Waals surface area contributed by atoms with E-state index in [2.05, 4.69) is 26.3 Å². The molecule has 0 atom stereocenters. The summed E-state index contributed by atoms with van der Waals surface area (Å²) in [6, 6.07) is 10.3. The number of hydrogen-bond donors (Lipinski definition) is 1. The molecule has 0 saturated heterocycles. The molecule has 2 aromatic rings. The fourth-order valence-corrected chi connectivity index (χ4v) is 2.45. The van der Waals surface area contributed by atoms with Crippen molar-refractivity contribution in [3.8, 4) is 17.3 Å². The maximum Gasteiger partial charge on any atom is 0.189 e. The Morgan fingerprint density at radius 1 is 1.22 bits per heavy atom. The average Bonchev–Trinajstić information content (AvgIpc) is 2.54. The predicted octanol–water partition coefficient (Wildman–Crippen LogP) is 3.02. The van der Waals surface area contributed by atoms with E-state index in [1.165, 1.54) is 17.3 Å². The van der Waals surface area contributed by atoms with Crippen LogP contribution in [-0.4, -0.2) is 48.3 Å². The summed E-state index contributed by atoms with van der Waals surface area (Å²) in [6.45, 7) is 3.62. The van der Waals surface area contributed by atoms with Crippen molar-refractivity contribution in [2.24, 2.45) is 0 Å². The number of anilines is 1. The summed E-state index contributed by atoms with van der Waals surface area (Å²) >= 11 is 1.47. The van der Waals surface area contributed by atoms with Crippen LogP contribution in [0.3, 0.4) is 0 Å². The van der Waals surface area contributed by atoms with Crippen molar-refractivity contribution >= 4 is 17.6 Å². The van der Waals surface area contributed by atoms with Crippen LogP contribution in [0.25, 0.3) is 11.3 Å². The van der Waals surface area contributed by atoms with Gasteiger partial charge in [-0.2, -0.15) is 5.26 Å². The molecule has 6 heteroatoms. The van der Waals surface area contributed by atoms with E-state index in [0.29, 0.717) is 22.2 Å². The monoisotopic (exact) mass is 327 g/mol. The second-order valence-electron chi connectivity index (χ2n) is 5.49. The molecule has 0 spiro atoms. The highest BCUT2D eigenvalue weighted by atomic mass is 32.2. The second kappa shape index (κ2) is 7.95. The maximum atomic E-state index is 9.60. The van der Waals surface area contributed by atoms with E-state index in [-0.39, 0.29) is 0 Å². The molecule has 0 radical (unpaired) electrons. The first-order valence-corrected chi connectivity index (χ1v) is 8.59. The molecule has 120 valence electrons. The molecular weight excluding hydrogens is 306 g/mol. The van der Waals surface area contributed by atoms with Crippen LogP contribution in [0.5, 0.6) is 0 Å². The van der Waals surface area contributed by atoms with Gasteiger partial charge in [0.15, 0.2) is 5.16 Å². The summed E-state index contributed by atoms with van der Waals surface area (Å²) < 4.78 is 0. The van der Waals surface area contributed by atoms with E-state index in [9.17, 15) is 5.26 Å². The van der Waals surface area contributed by atoms with Crippen molar-refractivity contribution in [1.29, 1.82) is 5.26 Å². The Kier molecular flexibility index (Phi) is 5.97. The van der Waals surface area contributed by atoms with Crippen molar-refractivity contribution in [2.45, 2.75) is 12.1 Å². The first-order valence-electron chi connectivity index (χ1n) is 7.37.